The summed E-state index contributed by atoms with van der Waals surface area (Å²) in [6, 6.07) is 0. The Kier molecular flexibility index (Phi) is 7.55. The predicted octanol–water partition coefficient (Wildman–Crippen LogP) is 2.88. The molecule has 2 unspecified atom stereocenters. The van der Waals surface area contributed by atoms with E-state index in [0.29, 0.717) is 6.61 Å². The van der Waals surface area contributed by atoms with Gasteiger partial charge < -0.3 is 4.74 Å². The van der Waals surface area contributed by atoms with Crippen LogP contribution in [0.4, 0.5) is 0 Å². The van der Waals surface area contributed by atoms with Gasteiger partial charge in [-0.2, -0.15) is 3.22 Å². The maximum Gasteiger partial charge on any atom is 0.155 e. The van der Waals surface area contributed by atoms with Crippen LogP contribution in [0.1, 0.15) is 33.6 Å². The molecule has 0 aromatic carbocycles. The van der Waals surface area contributed by atoms with E-state index in [1.54, 1.807) is 23.0 Å². The Hall–Kier alpha value is 0.170. The van der Waals surface area contributed by atoms with Gasteiger partial charge in [0.1, 0.15) is 6.61 Å². The highest BCUT2D eigenvalue weighted by Crippen LogP contribution is 2.30. The number of rotatable bonds is 3. The molecule has 1 saturated heterocycles. The molecular weight excluding hydrogens is 295 g/mol. The molecule has 1 rings (SSSR count). The molecule has 0 aromatic rings. The zero-order valence-corrected chi connectivity index (χ0v) is 11.0. The van der Waals surface area contributed by atoms with E-state index in [4.69, 9.17) is 16.0 Å². The van der Waals surface area contributed by atoms with Gasteiger partial charge in [0.2, 0.25) is 0 Å². The summed E-state index contributed by atoms with van der Waals surface area (Å²) in [6.45, 7) is 6.31. The van der Waals surface area contributed by atoms with Crippen molar-refractivity contribution >= 4 is 23.0 Å². The fourth-order valence-corrected chi connectivity index (χ4v) is 1.44. The van der Waals surface area contributed by atoms with Crippen LogP contribution in [0.3, 0.4) is 0 Å². The van der Waals surface area contributed by atoms with Gasteiger partial charge in [0, 0.05) is 0 Å². The second-order valence-electron chi connectivity index (χ2n) is 2.93. The largest absolute Gasteiger partial charge is 0.357 e. The lowest BCUT2D eigenvalue weighted by atomic mass is 10.0. The molecular formula is C10H17IO3. The summed E-state index contributed by atoms with van der Waals surface area (Å²) in [5, 5.41) is 0. The lowest BCUT2D eigenvalue weighted by molar-refractivity contribution is -0.204. The van der Waals surface area contributed by atoms with Crippen LogP contribution in [0, 0.1) is 12.3 Å². The zero-order chi connectivity index (χ0) is 11.0. The number of hydrogen-bond donors (Lipinski definition) is 0. The average Bonchev–Trinajstić information content (AvgIpc) is 2.61. The highest BCUT2D eigenvalue weighted by atomic mass is 127. The van der Waals surface area contributed by atoms with Crippen molar-refractivity contribution in [2.45, 2.75) is 45.3 Å². The van der Waals surface area contributed by atoms with Crippen LogP contribution >= 0.6 is 23.0 Å². The average molecular weight is 312 g/mol. The summed E-state index contributed by atoms with van der Waals surface area (Å²) < 4.78 is 10.0. The lowest BCUT2D eigenvalue weighted by Gasteiger charge is -2.20. The third-order valence-electron chi connectivity index (χ3n) is 1.98. The van der Waals surface area contributed by atoms with Crippen LogP contribution in [0.5, 0.6) is 0 Å². The van der Waals surface area contributed by atoms with Gasteiger partial charge in [0.05, 0.1) is 6.10 Å². The van der Waals surface area contributed by atoms with Crippen LogP contribution in [0.2, 0.25) is 0 Å². The Bertz CT molecular complexity index is 190. The summed E-state index contributed by atoms with van der Waals surface area (Å²) >= 11 is 1.66. The standard InChI is InChI=1S/C8H11IO3.C2H6/c1-3-8(6-10-12-9)5-4-7(2)11-8;1-2/h1,7H,4-6H2,2H3;1-2H3. The van der Waals surface area contributed by atoms with Gasteiger partial charge >= 0.3 is 0 Å². The van der Waals surface area contributed by atoms with Gasteiger partial charge in [-0.3, -0.25) is 0 Å². The summed E-state index contributed by atoms with van der Waals surface area (Å²) in [4.78, 5) is 4.78. The van der Waals surface area contributed by atoms with E-state index in [-0.39, 0.29) is 6.10 Å². The minimum absolute atomic E-state index is 0.221. The second kappa shape index (κ2) is 7.46. The lowest BCUT2D eigenvalue weighted by Crippen LogP contribution is -2.32. The molecule has 2 atom stereocenters. The number of hydrogen-bond acceptors (Lipinski definition) is 3. The van der Waals surface area contributed by atoms with E-state index in [1.807, 2.05) is 20.8 Å². The van der Waals surface area contributed by atoms with Gasteiger partial charge in [-0.15, -0.1) is 6.42 Å². The molecule has 1 fully saturated rings. The van der Waals surface area contributed by atoms with Crippen LogP contribution in [-0.2, 0) is 12.8 Å². The Morgan fingerprint density at radius 2 is 2.29 bits per heavy atom. The molecule has 1 heterocycles. The summed E-state index contributed by atoms with van der Waals surface area (Å²) in [6.07, 6.45) is 7.40. The molecule has 82 valence electrons. The topological polar surface area (TPSA) is 27.7 Å². The molecule has 0 saturated carbocycles. The minimum atomic E-state index is -0.565. The Balaban J connectivity index is 0.000000791. The quantitative estimate of drug-likeness (QED) is 0.347. The molecule has 1 aliphatic heterocycles. The van der Waals surface area contributed by atoms with Gasteiger partial charge in [-0.1, -0.05) is 19.8 Å². The van der Waals surface area contributed by atoms with Crippen molar-refractivity contribution < 1.29 is 12.8 Å². The monoisotopic (exact) mass is 312 g/mol. The normalized spacial score (nSPS) is 30.4. The molecule has 14 heavy (non-hydrogen) atoms. The highest BCUT2D eigenvalue weighted by Gasteiger charge is 2.37. The van der Waals surface area contributed by atoms with E-state index >= 15 is 0 Å². The molecule has 0 radical (unpaired) electrons. The first kappa shape index (κ1) is 14.2. The van der Waals surface area contributed by atoms with Gasteiger partial charge in [-0.25, -0.2) is 4.89 Å². The number of halogens is 1. The van der Waals surface area contributed by atoms with E-state index in [2.05, 4.69) is 9.14 Å². The van der Waals surface area contributed by atoms with Crippen molar-refractivity contribution in [2.75, 3.05) is 6.61 Å². The molecule has 0 amide bonds. The number of ether oxygens (including phenoxy) is 1. The molecule has 0 aromatic heterocycles. The summed E-state index contributed by atoms with van der Waals surface area (Å²) in [5.41, 5.74) is -0.565. The zero-order valence-electron chi connectivity index (χ0n) is 8.88. The molecule has 4 heteroatoms. The van der Waals surface area contributed by atoms with Crippen LogP contribution in [0.25, 0.3) is 0 Å². The minimum Gasteiger partial charge on any atom is -0.357 e. The van der Waals surface area contributed by atoms with Gasteiger partial charge in [0.15, 0.2) is 28.6 Å². The second-order valence-corrected chi connectivity index (χ2v) is 3.29. The van der Waals surface area contributed by atoms with Crippen LogP contribution in [-0.4, -0.2) is 18.3 Å². The fourth-order valence-electron chi connectivity index (χ4n) is 1.31. The maximum absolute atomic E-state index is 5.56. The van der Waals surface area contributed by atoms with Crippen molar-refractivity contribution in [1.82, 2.24) is 0 Å². The molecule has 0 bridgehead atoms. The van der Waals surface area contributed by atoms with E-state index in [0.717, 1.165) is 12.8 Å². The first-order valence-corrected chi connectivity index (χ1v) is 5.66. The first-order valence-electron chi connectivity index (χ1n) is 4.78. The molecule has 0 N–H and O–H groups in total. The Labute approximate surface area is 100 Å². The molecule has 0 spiro atoms. The highest BCUT2D eigenvalue weighted by molar-refractivity contribution is 14.1. The smallest absolute Gasteiger partial charge is 0.155 e. The first-order chi connectivity index (χ1) is 6.72. The third kappa shape index (κ3) is 4.13. The fraction of sp³-hybridized carbons (Fsp3) is 0.800. The molecule has 0 aliphatic carbocycles. The Morgan fingerprint density at radius 1 is 1.64 bits per heavy atom. The third-order valence-corrected chi connectivity index (χ3v) is 2.24. The van der Waals surface area contributed by atoms with E-state index in [1.165, 1.54) is 0 Å². The molecule has 3 nitrogen and oxygen atoms in total. The summed E-state index contributed by atoms with van der Waals surface area (Å²) in [5.74, 6) is 2.61. The van der Waals surface area contributed by atoms with Gasteiger partial charge in [0.25, 0.3) is 0 Å². The summed E-state index contributed by atoms with van der Waals surface area (Å²) in [7, 11) is 0. The number of terminal acetylenes is 1. The van der Waals surface area contributed by atoms with Crippen LogP contribution in [0.15, 0.2) is 0 Å². The SMILES string of the molecule is C#CC1(COOI)CCC(C)O1.CC. The van der Waals surface area contributed by atoms with Crippen molar-refractivity contribution in [3.8, 4) is 12.3 Å². The molecule has 1 aliphatic rings. The van der Waals surface area contributed by atoms with Gasteiger partial charge in [-0.05, 0) is 19.8 Å². The van der Waals surface area contributed by atoms with E-state index < -0.39 is 5.60 Å². The van der Waals surface area contributed by atoms with E-state index in [9.17, 15) is 0 Å². The Morgan fingerprint density at radius 3 is 2.64 bits per heavy atom. The van der Waals surface area contributed by atoms with Crippen molar-refractivity contribution in [1.29, 1.82) is 0 Å². The van der Waals surface area contributed by atoms with Crippen LogP contribution < -0.4 is 0 Å². The van der Waals surface area contributed by atoms with Crippen molar-refractivity contribution in [3.05, 3.63) is 0 Å². The maximum atomic E-state index is 5.56. The predicted molar refractivity (Wildman–Crippen MR) is 63.8 cm³/mol. The van der Waals surface area contributed by atoms with Crippen molar-refractivity contribution in [3.63, 3.8) is 0 Å². The van der Waals surface area contributed by atoms with Crippen molar-refractivity contribution in [2.24, 2.45) is 0 Å².